The van der Waals surface area contributed by atoms with Crippen molar-refractivity contribution in [2.45, 2.75) is 27.2 Å². The van der Waals surface area contributed by atoms with E-state index in [-0.39, 0.29) is 11.3 Å². The van der Waals surface area contributed by atoms with Gasteiger partial charge >= 0.3 is 0 Å². The number of pyridine rings is 2. The molecule has 0 unspecified atom stereocenters. The minimum atomic E-state index is -0.229. The van der Waals surface area contributed by atoms with Crippen molar-refractivity contribution in [1.82, 2.24) is 9.97 Å². The number of allylic oxidation sites excluding steroid dienone is 2. The highest BCUT2D eigenvalue weighted by molar-refractivity contribution is 5.88. The van der Waals surface area contributed by atoms with Crippen molar-refractivity contribution in [3.8, 4) is 11.1 Å². The molecule has 0 aliphatic heterocycles. The molecule has 2 heterocycles. The number of nitrogens with one attached hydrogen (secondary N) is 2. The first-order chi connectivity index (χ1) is 10.5. The van der Waals surface area contributed by atoms with Crippen LogP contribution in [0.2, 0.25) is 0 Å². The highest BCUT2D eigenvalue weighted by Crippen LogP contribution is 2.24. The number of hydrogen-bond donors (Lipinski definition) is 2. The molecule has 0 aliphatic rings. The molecule has 22 heavy (non-hydrogen) atoms. The monoisotopic (exact) mass is 297 g/mol. The Kier molecular flexibility index (Phi) is 4.88. The number of aryl methyl sites for hydroxylation is 1. The third kappa shape index (κ3) is 3.69. The number of aromatic nitrogens is 2. The van der Waals surface area contributed by atoms with Gasteiger partial charge < -0.3 is 10.3 Å². The van der Waals surface area contributed by atoms with Crippen molar-refractivity contribution in [3.05, 3.63) is 58.4 Å². The summed E-state index contributed by atoms with van der Waals surface area (Å²) >= 11 is 0. The number of carbonyl (C=O) groups is 1. The third-order valence-electron chi connectivity index (χ3n) is 3.25. The third-order valence-corrected chi connectivity index (χ3v) is 3.25. The van der Waals surface area contributed by atoms with Crippen LogP contribution in [-0.4, -0.2) is 15.8 Å². The molecule has 2 N–H and O–H groups in total. The van der Waals surface area contributed by atoms with E-state index >= 15 is 0 Å². The molecule has 2 rings (SSSR count). The Balaban J connectivity index is 2.43. The summed E-state index contributed by atoms with van der Waals surface area (Å²) < 4.78 is 0. The number of hydrogen-bond acceptors (Lipinski definition) is 4. The van der Waals surface area contributed by atoms with Crippen LogP contribution in [0.15, 0.2) is 47.3 Å². The molecule has 114 valence electrons. The van der Waals surface area contributed by atoms with Crippen LogP contribution in [0.25, 0.3) is 11.1 Å². The second-order valence-electron chi connectivity index (χ2n) is 5.08. The van der Waals surface area contributed by atoms with E-state index in [0.717, 1.165) is 23.1 Å². The lowest BCUT2D eigenvalue weighted by atomic mass is 10.0. The van der Waals surface area contributed by atoms with Gasteiger partial charge in [-0.1, -0.05) is 6.92 Å². The summed E-state index contributed by atoms with van der Waals surface area (Å²) in [6, 6.07) is 3.71. The summed E-state index contributed by atoms with van der Waals surface area (Å²) in [5.41, 5.74) is 3.84. The fourth-order valence-electron chi connectivity index (χ4n) is 2.28. The first kappa shape index (κ1) is 15.7. The lowest BCUT2D eigenvalue weighted by molar-refractivity contribution is -0.112. The zero-order valence-corrected chi connectivity index (χ0v) is 12.9. The second-order valence-corrected chi connectivity index (χ2v) is 5.08. The molecule has 0 atom stereocenters. The minimum absolute atomic E-state index is 0.0695. The van der Waals surface area contributed by atoms with Gasteiger partial charge in [0, 0.05) is 29.9 Å². The van der Waals surface area contributed by atoms with Crippen LogP contribution in [0.3, 0.4) is 0 Å². The van der Waals surface area contributed by atoms with Crippen molar-refractivity contribution in [2.75, 3.05) is 5.32 Å². The van der Waals surface area contributed by atoms with Crippen molar-refractivity contribution >= 4 is 11.5 Å². The Morgan fingerprint density at radius 2 is 2.18 bits per heavy atom. The molecule has 5 heteroatoms. The van der Waals surface area contributed by atoms with Crippen LogP contribution >= 0.6 is 0 Å². The number of aromatic amines is 1. The fraction of sp³-hybridized carbons (Fsp3) is 0.235. The highest BCUT2D eigenvalue weighted by Gasteiger charge is 2.07. The SMILES string of the molecule is CCc1cnccc1-c1c[nH]c(=O)c(NC(C)=CC(C)=O)c1. The summed E-state index contributed by atoms with van der Waals surface area (Å²) in [5.74, 6) is -0.0695. The first-order valence-electron chi connectivity index (χ1n) is 7.13. The number of carbonyl (C=O) groups excluding carboxylic acids is 1. The summed E-state index contributed by atoms with van der Waals surface area (Å²) in [5, 5.41) is 2.97. The van der Waals surface area contributed by atoms with E-state index in [0.29, 0.717) is 11.4 Å². The molecule has 0 aliphatic carbocycles. The lowest BCUT2D eigenvalue weighted by Crippen LogP contribution is -2.13. The second kappa shape index (κ2) is 6.85. The largest absolute Gasteiger partial charge is 0.355 e. The average molecular weight is 297 g/mol. The number of ketones is 1. The van der Waals surface area contributed by atoms with E-state index < -0.39 is 0 Å². The first-order valence-corrected chi connectivity index (χ1v) is 7.13. The zero-order valence-electron chi connectivity index (χ0n) is 12.9. The van der Waals surface area contributed by atoms with Gasteiger partial charge in [0.05, 0.1) is 0 Å². The molecule has 0 bridgehead atoms. The van der Waals surface area contributed by atoms with Gasteiger partial charge in [0.15, 0.2) is 5.78 Å². The standard InChI is InChI=1S/C17H19N3O2/c1-4-13-9-18-6-5-15(13)14-8-16(17(22)19-10-14)20-11(2)7-12(3)21/h5-10,20H,4H2,1-3H3,(H,19,22). The molecule has 5 nitrogen and oxygen atoms in total. The van der Waals surface area contributed by atoms with Gasteiger partial charge in [-0.2, -0.15) is 0 Å². The molecule has 0 saturated heterocycles. The molecule has 2 aromatic heterocycles. The Hall–Kier alpha value is -2.69. The van der Waals surface area contributed by atoms with E-state index in [1.165, 1.54) is 13.0 Å². The molecule has 0 radical (unpaired) electrons. The maximum absolute atomic E-state index is 11.9. The van der Waals surface area contributed by atoms with Crippen molar-refractivity contribution in [1.29, 1.82) is 0 Å². The maximum Gasteiger partial charge on any atom is 0.271 e. The zero-order chi connectivity index (χ0) is 16.1. The van der Waals surface area contributed by atoms with E-state index in [1.54, 1.807) is 25.4 Å². The molecule has 0 saturated carbocycles. The summed E-state index contributed by atoms with van der Waals surface area (Å²) in [7, 11) is 0. The van der Waals surface area contributed by atoms with Gasteiger partial charge in [-0.05, 0) is 49.6 Å². The fourth-order valence-corrected chi connectivity index (χ4v) is 2.28. The Morgan fingerprint density at radius 1 is 1.41 bits per heavy atom. The predicted molar refractivity (Wildman–Crippen MR) is 87.7 cm³/mol. The molecular weight excluding hydrogens is 278 g/mol. The lowest BCUT2D eigenvalue weighted by Gasteiger charge is -2.10. The minimum Gasteiger partial charge on any atom is -0.355 e. The number of nitrogens with zero attached hydrogens (tertiary/aromatic N) is 1. The topological polar surface area (TPSA) is 74.8 Å². The van der Waals surface area contributed by atoms with E-state index in [4.69, 9.17) is 0 Å². The predicted octanol–water partition coefficient (Wildman–Crippen LogP) is 2.90. The number of H-pyrrole nitrogens is 1. The van der Waals surface area contributed by atoms with Crippen molar-refractivity contribution in [3.63, 3.8) is 0 Å². The van der Waals surface area contributed by atoms with Gasteiger partial charge in [-0.3, -0.25) is 14.6 Å². The van der Waals surface area contributed by atoms with Gasteiger partial charge in [0.2, 0.25) is 0 Å². The van der Waals surface area contributed by atoms with Crippen LogP contribution in [0.1, 0.15) is 26.3 Å². The van der Waals surface area contributed by atoms with Gasteiger partial charge in [0.25, 0.3) is 5.56 Å². The van der Waals surface area contributed by atoms with Crippen LogP contribution in [-0.2, 0) is 11.2 Å². The summed E-state index contributed by atoms with van der Waals surface area (Å²) in [6.07, 6.45) is 7.55. The van der Waals surface area contributed by atoms with Gasteiger partial charge in [-0.25, -0.2) is 0 Å². The molecule has 0 amide bonds. The van der Waals surface area contributed by atoms with Gasteiger partial charge in [-0.15, -0.1) is 0 Å². The average Bonchev–Trinajstić information content (AvgIpc) is 2.48. The van der Waals surface area contributed by atoms with Crippen LogP contribution < -0.4 is 10.9 Å². The van der Waals surface area contributed by atoms with Crippen molar-refractivity contribution < 1.29 is 4.79 Å². The molecular formula is C17H19N3O2. The normalized spacial score (nSPS) is 11.3. The highest BCUT2D eigenvalue weighted by atomic mass is 16.1. The molecule has 0 spiro atoms. The number of anilines is 1. The smallest absolute Gasteiger partial charge is 0.271 e. The van der Waals surface area contributed by atoms with E-state index in [1.807, 2.05) is 12.3 Å². The summed E-state index contributed by atoms with van der Waals surface area (Å²) in [6.45, 7) is 5.28. The van der Waals surface area contributed by atoms with Gasteiger partial charge in [0.1, 0.15) is 5.69 Å². The van der Waals surface area contributed by atoms with E-state index in [2.05, 4.69) is 22.2 Å². The van der Waals surface area contributed by atoms with Crippen LogP contribution in [0.5, 0.6) is 0 Å². The van der Waals surface area contributed by atoms with E-state index in [9.17, 15) is 9.59 Å². The molecule has 0 aromatic carbocycles. The quantitative estimate of drug-likeness (QED) is 0.832. The Labute approximate surface area is 129 Å². The Morgan fingerprint density at radius 3 is 2.86 bits per heavy atom. The van der Waals surface area contributed by atoms with Crippen LogP contribution in [0.4, 0.5) is 5.69 Å². The summed E-state index contributed by atoms with van der Waals surface area (Å²) in [4.78, 5) is 29.9. The molecule has 2 aromatic rings. The number of rotatable bonds is 5. The van der Waals surface area contributed by atoms with Crippen molar-refractivity contribution in [2.24, 2.45) is 0 Å². The molecule has 0 fully saturated rings. The maximum atomic E-state index is 11.9. The Bertz CT molecular complexity index is 775. The van der Waals surface area contributed by atoms with Crippen LogP contribution in [0, 0.1) is 0 Å².